The molecule has 0 fully saturated rings. The number of amides is 2. The van der Waals surface area contributed by atoms with Crippen LogP contribution in [0.5, 0.6) is 0 Å². The minimum Gasteiger partial charge on any atom is -0.481 e. The third-order valence-electron chi connectivity index (χ3n) is 5.48. The number of hydrogen-bond acceptors (Lipinski definition) is 6. The summed E-state index contributed by atoms with van der Waals surface area (Å²) in [7, 11) is 0. The van der Waals surface area contributed by atoms with E-state index in [0.29, 0.717) is 21.9 Å². The van der Waals surface area contributed by atoms with Crippen LogP contribution >= 0.6 is 11.6 Å². The number of nitrogens with two attached hydrogens (primary N) is 1. The molecule has 0 saturated carbocycles. The molecule has 0 spiro atoms. The molecule has 0 aliphatic carbocycles. The quantitative estimate of drug-likeness (QED) is 0.306. The summed E-state index contributed by atoms with van der Waals surface area (Å²) >= 11 is 6.00. The van der Waals surface area contributed by atoms with Gasteiger partial charge in [0.15, 0.2) is 0 Å². The van der Waals surface area contributed by atoms with Crippen LogP contribution in [-0.2, 0) is 16.0 Å². The van der Waals surface area contributed by atoms with Crippen molar-refractivity contribution in [2.75, 3.05) is 13.1 Å². The lowest BCUT2D eigenvalue weighted by Gasteiger charge is -2.22. The van der Waals surface area contributed by atoms with E-state index in [1.165, 1.54) is 24.4 Å². The molecule has 1 aromatic heterocycles. The first-order valence-corrected chi connectivity index (χ1v) is 11.5. The fourth-order valence-corrected chi connectivity index (χ4v) is 3.82. The van der Waals surface area contributed by atoms with Gasteiger partial charge in [0.25, 0.3) is 5.89 Å². The van der Waals surface area contributed by atoms with Crippen LogP contribution in [0, 0.1) is 18.7 Å². The molecule has 2 amide bonds. The van der Waals surface area contributed by atoms with E-state index in [9.17, 15) is 23.9 Å². The predicted molar refractivity (Wildman–Crippen MR) is 131 cm³/mol. The Bertz CT molecular complexity index is 1230. The first-order valence-electron chi connectivity index (χ1n) is 11.1. The van der Waals surface area contributed by atoms with E-state index in [1.807, 2.05) is 0 Å². The Hall–Kier alpha value is -3.76. The van der Waals surface area contributed by atoms with Gasteiger partial charge in [-0.2, -0.15) is 0 Å². The predicted octanol–water partition coefficient (Wildman–Crippen LogP) is 2.95. The molecule has 190 valence electrons. The Morgan fingerprint density at radius 2 is 1.92 bits per heavy atom. The Morgan fingerprint density at radius 3 is 2.53 bits per heavy atom. The molecule has 36 heavy (non-hydrogen) atoms. The number of halogens is 2. The van der Waals surface area contributed by atoms with Gasteiger partial charge in [0, 0.05) is 23.2 Å². The molecule has 0 radical (unpaired) electrons. The van der Waals surface area contributed by atoms with Crippen LogP contribution in [0.1, 0.15) is 28.4 Å². The van der Waals surface area contributed by atoms with Gasteiger partial charge in [-0.25, -0.2) is 9.37 Å². The summed E-state index contributed by atoms with van der Waals surface area (Å²) in [5, 5.41) is 15.3. The summed E-state index contributed by atoms with van der Waals surface area (Å²) in [4.78, 5) is 39.9. The summed E-state index contributed by atoms with van der Waals surface area (Å²) in [5.74, 6) is -3.31. The second-order valence-corrected chi connectivity index (χ2v) is 8.69. The van der Waals surface area contributed by atoms with Crippen molar-refractivity contribution in [3.8, 4) is 11.1 Å². The van der Waals surface area contributed by atoms with Gasteiger partial charge in [0.2, 0.25) is 5.91 Å². The minimum atomic E-state index is -1.13. The molecule has 9 nitrogen and oxygen atoms in total. The van der Waals surface area contributed by atoms with Gasteiger partial charge in [-0.3, -0.25) is 14.4 Å². The Labute approximate surface area is 211 Å². The first-order chi connectivity index (χ1) is 17.2. The monoisotopic (exact) mass is 516 g/mol. The van der Waals surface area contributed by atoms with Gasteiger partial charge in [0.05, 0.1) is 18.7 Å². The normalized spacial score (nSPS) is 12.6. The van der Waals surface area contributed by atoms with Crippen LogP contribution in [-0.4, -0.2) is 47.0 Å². The van der Waals surface area contributed by atoms with Crippen molar-refractivity contribution in [2.45, 2.75) is 25.8 Å². The van der Waals surface area contributed by atoms with Crippen molar-refractivity contribution in [3.05, 3.63) is 76.7 Å². The molecule has 0 unspecified atom stereocenters. The van der Waals surface area contributed by atoms with E-state index in [2.05, 4.69) is 15.6 Å². The maximum absolute atomic E-state index is 14.2. The first kappa shape index (κ1) is 26.8. The van der Waals surface area contributed by atoms with Crippen molar-refractivity contribution < 1.29 is 28.3 Å². The van der Waals surface area contributed by atoms with E-state index in [1.54, 1.807) is 31.2 Å². The van der Waals surface area contributed by atoms with Gasteiger partial charge in [-0.1, -0.05) is 35.9 Å². The topological polar surface area (TPSA) is 148 Å². The van der Waals surface area contributed by atoms with Crippen LogP contribution < -0.4 is 16.4 Å². The van der Waals surface area contributed by atoms with Crippen LogP contribution in [0.15, 0.2) is 53.1 Å². The molecule has 5 N–H and O–H groups in total. The zero-order chi connectivity index (χ0) is 26.2. The van der Waals surface area contributed by atoms with Crippen LogP contribution in [0.4, 0.5) is 4.39 Å². The molecule has 1 heterocycles. The van der Waals surface area contributed by atoms with Gasteiger partial charge in [-0.15, -0.1) is 0 Å². The van der Waals surface area contributed by atoms with E-state index >= 15 is 0 Å². The number of carbonyl (C=O) groups is 3. The van der Waals surface area contributed by atoms with Gasteiger partial charge in [0.1, 0.15) is 11.6 Å². The number of aryl methyl sites for hydroxylation is 1. The fraction of sp³-hybridized carbons (Fsp3) is 0.280. The standard InChI is InChI=1S/C25H26ClFN4O5/c1-14-12-30-24(36-14)23(33)31-19(9-17(25(34)35)13-29-22(32)11-28)8-15-2-4-16(5-3-15)20-10-18(26)6-7-21(20)27/h2-7,10,12,17,19H,8-9,11,13,28H2,1H3,(H,29,32)(H,31,33)(H,34,35)/t17-,19+/m0/s1. The molecular formula is C25H26ClFN4O5. The van der Waals surface area contributed by atoms with E-state index in [-0.39, 0.29) is 31.8 Å². The van der Waals surface area contributed by atoms with E-state index in [4.69, 9.17) is 21.8 Å². The zero-order valence-electron chi connectivity index (χ0n) is 19.5. The number of benzene rings is 2. The summed E-state index contributed by atoms with van der Waals surface area (Å²) in [5.41, 5.74) is 7.01. The number of nitrogens with one attached hydrogen (secondary N) is 2. The van der Waals surface area contributed by atoms with Crippen molar-refractivity contribution >= 4 is 29.4 Å². The van der Waals surface area contributed by atoms with Gasteiger partial charge < -0.3 is 25.9 Å². The second kappa shape index (κ2) is 12.3. The van der Waals surface area contributed by atoms with Crippen molar-refractivity contribution in [2.24, 2.45) is 11.7 Å². The zero-order valence-corrected chi connectivity index (χ0v) is 20.2. The highest BCUT2D eigenvalue weighted by molar-refractivity contribution is 6.30. The third-order valence-corrected chi connectivity index (χ3v) is 5.71. The largest absolute Gasteiger partial charge is 0.481 e. The number of rotatable bonds is 11. The van der Waals surface area contributed by atoms with Crippen LogP contribution in [0.2, 0.25) is 5.02 Å². The molecule has 3 aromatic rings. The maximum atomic E-state index is 14.2. The number of oxazole rings is 1. The maximum Gasteiger partial charge on any atom is 0.308 e. The summed E-state index contributed by atoms with van der Waals surface area (Å²) in [6.07, 6.45) is 1.68. The number of hydrogen-bond donors (Lipinski definition) is 4. The second-order valence-electron chi connectivity index (χ2n) is 8.25. The van der Waals surface area contributed by atoms with Crippen molar-refractivity contribution in [3.63, 3.8) is 0 Å². The molecule has 0 aliphatic rings. The summed E-state index contributed by atoms with van der Waals surface area (Å²) in [6.45, 7) is 1.23. The lowest BCUT2D eigenvalue weighted by Crippen LogP contribution is -2.43. The molecule has 0 aliphatic heterocycles. The Balaban J connectivity index is 1.80. The highest BCUT2D eigenvalue weighted by atomic mass is 35.5. The molecule has 2 aromatic carbocycles. The number of aromatic nitrogens is 1. The van der Waals surface area contributed by atoms with Crippen molar-refractivity contribution in [1.82, 2.24) is 15.6 Å². The highest BCUT2D eigenvalue weighted by Crippen LogP contribution is 2.26. The molecular weight excluding hydrogens is 491 g/mol. The number of aliphatic carboxylic acids is 1. The molecule has 0 bridgehead atoms. The Kier molecular flexibility index (Phi) is 9.15. The number of carboxylic acid groups (broad SMARTS) is 1. The van der Waals surface area contributed by atoms with Crippen LogP contribution in [0.3, 0.4) is 0 Å². The van der Waals surface area contributed by atoms with Crippen LogP contribution in [0.25, 0.3) is 11.1 Å². The van der Waals surface area contributed by atoms with Gasteiger partial charge >= 0.3 is 11.9 Å². The van der Waals surface area contributed by atoms with Gasteiger partial charge in [-0.05, 0) is 49.1 Å². The molecule has 3 rings (SSSR count). The average molecular weight is 517 g/mol. The molecule has 2 atom stereocenters. The molecule has 11 heteroatoms. The lowest BCUT2D eigenvalue weighted by molar-refractivity contribution is -0.142. The average Bonchev–Trinajstić information content (AvgIpc) is 3.29. The smallest absolute Gasteiger partial charge is 0.308 e. The number of carboxylic acids is 1. The highest BCUT2D eigenvalue weighted by Gasteiger charge is 2.26. The Morgan fingerprint density at radius 1 is 1.19 bits per heavy atom. The van der Waals surface area contributed by atoms with E-state index < -0.39 is 35.6 Å². The lowest BCUT2D eigenvalue weighted by atomic mass is 9.93. The minimum absolute atomic E-state index is 0.0102. The van der Waals surface area contributed by atoms with Crippen molar-refractivity contribution in [1.29, 1.82) is 0 Å². The summed E-state index contributed by atoms with van der Waals surface area (Å²) < 4.78 is 19.5. The number of carbonyl (C=O) groups excluding carboxylic acids is 2. The third kappa shape index (κ3) is 7.37. The summed E-state index contributed by atoms with van der Waals surface area (Å²) in [6, 6.07) is 10.6. The fourth-order valence-electron chi connectivity index (χ4n) is 3.65. The SMILES string of the molecule is Cc1cnc(C(=O)N[C@H](Cc2ccc(-c3cc(Cl)ccc3F)cc2)C[C@@H](CNC(=O)CN)C(=O)O)o1. The number of nitrogens with zero attached hydrogens (tertiary/aromatic N) is 1. The van der Waals surface area contributed by atoms with E-state index in [0.717, 1.165) is 5.56 Å². The molecule has 0 saturated heterocycles.